The molecule has 1 aliphatic heterocycles. The van der Waals surface area contributed by atoms with Gasteiger partial charge < -0.3 is 5.32 Å². The predicted molar refractivity (Wildman–Crippen MR) is 59.8 cm³/mol. The first-order valence-corrected chi connectivity index (χ1v) is 6.14. The van der Waals surface area contributed by atoms with Gasteiger partial charge in [0.15, 0.2) is 0 Å². The number of fused-ring (bicyclic) bond motifs is 1. The van der Waals surface area contributed by atoms with Gasteiger partial charge in [-0.05, 0) is 19.8 Å². The van der Waals surface area contributed by atoms with E-state index in [-0.39, 0.29) is 0 Å². The number of aromatic nitrogens is 2. The van der Waals surface area contributed by atoms with E-state index in [1.807, 2.05) is 0 Å². The highest BCUT2D eigenvalue weighted by Crippen LogP contribution is 2.36. The summed E-state index contributed by atoms with van der Waals surface area (Å²) in [5.74, 6) is 0.736. The van der Waals surface area contributed by atoms with Gasteiger partial charge in [-0.2, -0.15) is 5.10 Å². The lowest BCUT2D eigenvalue weighted by molar-refractivity contribution is 0.505. The molecule has 0 bridgehead atoms. The van der Waals surface area contributed by atoms with Gasteiger partial charge >= 0.3 is 0 Å². The summed E-state index contributed by atoms with van der Waals surface area (Å²) in [4.78, 5) is 0. The molecule has 1 aromatic heterocycles. The van der Waals surface area contributed by atoms with Crippen LogP contribution in [0, 0.1) is 0 Å². The molecule has 15 heavy (non-hydrogen) atoms. The minimum atomic E-state index is 0.592. The Bertz CT molecular complexity index is 350. The fourth-order valence-electron chi connectivity index (χ4n) is 2.97. The van der Waals surface area contributed by atoms with Crippen molar-refractivity contribution in [1.82, 2.24) is 15.5 Å². The third-order valence-corrected chi connectivity index (χ3v) is 3.86. The lowest BCUT2D eigenvalue weighted by Crippen LogP contribution is -2.33. The van der Waals surface area contributed by atoms with Crippen LogP contribution in [-0.4, -0.2) is 16.2 Å². The zero-order valence-electron chi connectivity index (χ0n) is 9.34. The summed E-state index contributed by atoms with van der Waals surface area (Å²) >= 11 is 0. The molecule has 0 unspecified atom stereocenters. The quantitative estimate of drug-likeness (QED) is 0.737. The van der Waals surface area contributed by atoms with E-state index in [0.717, 1.165) is 18.9 Å². The second-order valence-electron chi connectivity index (χ2n) is 5.03. The van der Waals surface area contributed by atoms with E-state index in [9.17, 15) is 0 Å². The summed E-state index contributed by atoms with van der Waals surface area (Å²) in [5.41, 5.74) is 4.21. The van der Waals surface area contributed by atoms with Gasteiger partial charge in [0, 0.05) is 36.2 Å². The average molecular weight is 205 g/mol. The number of H-pyrrole nitrogens is 1. The first-order valence-electron chi connectivity index (χ1n) is 6.14. The van der Waals surface area contributed by atoms with E-state index in [4.69, 9.17) is 0 Å². The first-order chi connectivity index (χ1) is 7.34. The molecule has 1 aromatic rings. The molecule has 3 heteroatoms. The molecule has 82 valence electrons. The minimum Gasteiger partial charge on any atom is -0.310 e. The Balaban J connectivity index is 1.90. The highest BCUT2D eigenvalue weighted by molar-refractivity contribution is 5.31. The zero-order chi connectivity index (χ0) is 10.3. The molecule has 3 nitrogen and oxygen atoms in total. The van der Waals surface area contributed by atoms with E-state index in [0.29, 0.717) is 6.04 Å². The molecule has 1 atom stereocenters. The van der Waals surface area contributed by atoms with Crippen LogP contribution >= 0.6 is 0 Å². The number of hydrogen-bond acceptors (Lipinski definition) is 2. The number of aromatic amines is 1. The Kier molecular flexibility index (Phi) is 2.28. The van der Waals surface area contributed by atoms with E-state index < -0.39 is 0 Å². The van der Waals surface area contributed by atoms with Gasteiger partial charge in [-0.1, -0.05) is 12.8 Å². The molecule has 1 saturated carbocycles. The average Bonchev–Trinajstić information content (AvgIpc) is 2.82. The largest absolute Gasteiger partial charge is 0.310 e. The van der Waals surface area contributed by atoms with Crippen LogP contribution in [0.3, 0.4) is 0 Å². The molecular formula is C12H19N3. The van der Waals surface area contributed by atoms with Gasteiger partial charge in [0.1, 0.15) is 0 Å². The van der Waals surface area contributed by atoms with Crippen molar-refractivity contribution in [2.75, 3.05) is 0 Å². The zero-order valence-corrected chi connectivity index (χ0v) is 9.34. The van der Waals surface area contributed by atoms with Gasteiger partial charge in [0.25, 0.3) is 0 Å². The topological polar surface area (TPSA) is 40.7 Å². The number of hydrogen-bond donors (Lipinski definition) is 2. The van der Waals surface area contributed by atoms with Gasteiger partial charge in [-0.25, -0.2) is 0 Å². The molecular weight excluding hydrogens is 186 g/mol. The molecule has 0 saturated heterocycles. The van der Waals surface area contributed by atoms with Crippen molar-refractivity contribution in [3.63, 3.8) is 0 Å². The summed E-state index contributed by atoms with van der Waals surface area (Å²) in [6, 6.07) is 0.592. The Morgan fingerprint density at radius 3 is 2.87 bits per heavy atom. The molecule has 2 N–H and O–H groups in total. The van der Waals surface area contributed by atoms with Gasteiger partial charge in [0.2, 0.25) is 0 Å². The second-order valence-corrected chi connectivity index (χ2v) is 5.03. The third-order valence-electron chi connectivity index (χ3n) is 3.86. The van der Waals surface area contributed by atoms with Crippen LogP contribution in [0.25, 0.3) is 0 Å². The molecule has 2 aliphatic rings. The minimum absolute atomic E-state index is 0.592. The fourth-order valence-corrected chi connectivity index (χ4v) is 2.97. The van der Waals surface area contributed by atoms with Crippen LogP contribution in [0.4, 0.5) is 0 Å². The molecule has 0 amide bonds. The highest BCUT2D eigenvalue weighted by Gasteiger charge is 2.26. The molecule has 0 spiro atoms. The van der Waals surface area contributed by atoms with Gasteiger partial charge in [-0.15, -0.1) is 0 Å². The van der Waals surface area contributed by atoms with Crippen molar-refractivity contribution in [2.24, 2.45) is 0 Å². The standard InChI is InChI=1S/C12H19N3/c1-8-6-11-10(7-13-8)12(15-14-11)9-4-2-3-5-9/h8-9,13H,2-7H2,1H3,(H,14,15)/t8-/m1/s1. The SMILES string of the molecule is C[C@@H]1Cc2[nH]nc(C3CCCC3)c2CN1. The lowest BCUT2D eigenvalue weighted by Gasteiger charge is -2.21. The smallest absolute Gasteiger partial charge is 0.0700 e. The number of nitrogens with one attached hydrogen (secondary N) is 2. The summed E-state index contributed by atoms with van der Waals surface area (Å²) in [6.45, 7) is 3.25. The van der Waals surface area contributed by atoms with Crippen molar-refractivity contribution in [1.29, 1.82) is 0 Å². The molecule has 0 radical (unpaired) electrons. The maximum Gasteiger partial charge on any atom is 0.0700 e. The van der Waals surface area contributed by atoms with Crippen molar-refractivity contribution in [3.8, 4) is 0 Å². The van der Waals surface area contributed by atoms with E-state index in [1.54, 1.807) is 0 Å². The molecule has 3 rings (SSSR count). The van der Waals surface area contributed by atoms with Gasteiger partial charge in [0.05, 0.1) is 5.69 Å². The van der Waals surface area contributed by atoms with Gasteiger partial charge in [-0.3, -0.25) is 5.10 Å². The van der Waals surface area contributed by atoms with E-state index >= 15 is 0 Å². The van der Waals surface area contributed by atoms with Crippen LogP contribution in [0.5, 0.6) is 0 Å². The Morgan fingerprint density at radius 2 is 2.07 bits per heavy atom. The lowest BCUT2D eigenvalue weighted by atomic mass is 9.95. The second kappa shape index (κ2) is 3.63. The maximum atomic E-state index is 4.55. The van der Waals surface area contributed by atoms with Crippen molar-refractivity contribution in [3.05, 3.63) is 17.0 Å². The number of rotatable bonds is 1. The van der Waals surface area contributed by atoms with Crippen LogP contribution in [0.15, 0.2) is 0 Å². The first kappa shape index (κ1) is 9.40. The fraction of sp³-hybridized carbons (Fsp3) is 0.750. The summed E-state index contributed by atoms with van der Waals surface area (Å²) in [6.07, 6.45) is 6.56. The van der Waals surface area contributed by atoms with Crippen molar-refractivity contribution >= 4 is 0 Å². The van der Waals surface area contributed by atoms with Crippen molar-refractivity contribution < 1.29 is 0 Å². The molecule has 1 aliphatic carbocycles. The summed E-state index contributed by atoms with van der Waals surface area (Å²) < 4.78 is 0. The third kappa shape index (κ3) is 1.59. The van der Waals surface area contributed by atoms with Crippen LogP contribution in [0.2, 0.25) is 0 Å². The Hall–Kier alpha value is -0.830. The van der Waals surface area contributed by atoms with E-state index in [2.05, 4.69) is 22.4 Å². The normalized spacial score (nSPS) is 26.9. The van der Waals surface area contributed by atoms with Crippen LogP contribution < -0.4 is 5.32 Å². The van der Waals surface area contributed by atoms with Crippen LogP contribution in [0.1, 0.15) is 55.5 Å². The number of nitrogens with zero attached hydrogens (tertiary/aromatic N) is 1. The van der Waals surface area contributed by atoms with Crippen molar-refractivity contribution in [2.45, 2.75) is 57.5 Å². The summed E-state index contributed by atoms with van der Waals surface area (Å²) in [5, 5.41) is 11.3. The maximum absolute atomic E-state index is 4.55. The van der Waals surface area contributed by atoms with Crippen LogP contribution in [-0.2, 0) is 13.0 Å². The molecule has 1 fully saturated rings. The predicted octanol–water partition coefficient (Wildman–Crippen LogP) is 2.10. The molecule has 0 aromatic carbocycles. The highest BCUT2D eigenvalue weighted by atomic mass is 15.1. The van der Waals surface area contributed by atoms with E-state index in [1.165, 1.54) is 42.6 Å². The Morgan fingerprint density at radius 1 is 1.27 bits per heavy atom. The molecule has 2 heterocycles. The Labute approximate surface area is 90.7 Å². The monoisotopic (exact) mass is 205 g/mol. The summed E-state index contributed by atoms with van der Waals surface area (Å²) in [7, 11) is 0.